The van der Waals surface area contributed by atoms with E-state index in [4.69, 9.17) is 9.47 Å². The largest absolute Gasteiger partial charge is 0.494 e. The Morgan fingerprint density at radius 2 is 0.868 bits per heavy atom. The molecule has 2 rings (SSSR count). The number of azo groups is 1. The number of rotatable bonds is 22. The zero-order valence-electron chi connectivity index (χ0n) is 24.8. The van der Waals surface area contributed by atoms with Gasteiger partial charge in [0.2, 0.25) is 0 Å². The molecule has 0 spiro atoms. The second-order valence-corrected chi connectivity index (χ2v) is 11.5. The molecule has 0 radical (unpaired) electrons. The topological polar surface area (TPSA) is 43.2 Å². The summed E-state index contributed by atoms with van der Waals surface area (Å²) in [5, 5.41) is 8.71. The first-order valence-electron chi connectivity index (χ1n) is 15.1. The first kappa shape index (κ1) is 31.8. The summed E-state index contributed by atoms with van der Waals surface area (Å²) in [4.78, 5) is 0. The van der Waals surface area contributed by atoms with Gasteiger partial charge in [-0.25, -0.2) is 0 Å². The van der Waals surface area contributed by atoms with E-state index in [1.165, 1.54) is 83.6 Å². The summed E-state index contributed by atoms with van der Waals surface area (Å²) in [6.07, 6.45) is 18.2. The van der Waals surface area contributed by atoms with Gasteiger partial charge in [-0.3, -0.25) is 0 Å². The molecule has 0 amide bonds. The Morgan fingerprint density at radius 3 is 1.26 bits per heavy atom. The molecule has 2 aromatic rings. The Balaban J connectivity index is 1.55. The SMILES string of the molecule is CCCCCCCCCCCCOc1ccc(N=Nc2ccc(OCCCCCC[N+](C)(C)C)cc2)cc1. The second kappa shape index (κ2) is 19.6. The van der Waals surface area contributed by atoms with E-state index in [9.17, 15) is 0 Å². The summed E-state index contributed by atoms with van der Waals surface area (Å²) in [5.41, 5.74) is 1.64. The number of unbranched alkanes of at least 4 members (excludes halogenated alkanes) is 12. The molecule has 0 unspecified atom stereocenters. The van der Waals surface area contributed by atoms with Gasteiger partial charge in [-0.1, -0.05) is 64.7 Å². The van der Waals surface area contributed by atoms with Crippen LogP contribution >= 0.6 is 0 Å². The fourth-order valence-corrected chi connectivity index (χ4v) is 4.34. The van der Waals surface area contributed by atoms with Gasteiger partial charge in [0.05, 0.1) is 52.3 Å². The Morgan fingerprint density at radius 1 is 0.500 bits per heavy atom. The lowest BCUT2D eigenvalue weighted by Crippen LogP contribution is -2.35. The average Bonchev–Trinajstić information content (AvgIpc) is 2.91. The first-order chi connectivity index (χ1) is 18.5. The van der Waals surface area contributed by atoms with Crippen LogP contribution in [0.4, 0.5) is 11.4 Å². The van der Waals surface area contributed by atoms with Gasteiger partial charge in [-0.15, -0.1) is 0 Å². The van der Waals surface area contributed by atoms with Crippen LogP contribution in [0.3, 0.4) is 0 Å². The summed E-state index contributed by atoms with van der Waals surface area (Å²) < 4.78 is 12.8. The van der Waals surface area contributed by atoms with Crippen LogP contribution in [0, 0.1) is 0 Å². The summed E-state index contributed by atoms with van der Waals surface area (Å²) >= 11 is 0. The molecule has 0 aliphatic carbocycles. The van der Waals surface area contributed by atoms with Gasteiger partial charge in [0, 0.05) is 0 Å². The van der Waals surface area contributed by atoms with Crippen molar-refractivity contribution in [2.45, 2.75) is 96.8 Å². The van der Waals surface area contributed by atoms with Gasteiger partial charge in [0.25, 0.3) is 0 Å². The molecule has 2 aromatic carbocycles. The van der Waals surface area contributed by atoms with Crippen LogP contribution in [0.2, 0.25) is 0 Å². The number of quaternary nitrogens is 1. The monoisotopic (exact) mass is 524 g/mol. The van der Waals surface area contributed by atoms with Crippen molar-refractivity contribution in [3.63, 3.8) is 0 Å². The quantitative estimate of drug-likeness (QED) is 0.0873. The second-order valence-electron chi connectivity index (χ2n) is 11.5. The van der Waals surface area contributed by atoms with Crippen LogP contribution < -0.4 is 9.47 Å². The van der Waals surface area contributed by atoms with Crippen LogP contribution in [-0.2, 0) is 0 Å². The van der Waals surface area contributed by atoms with Crippen molar-refractivity contribution in [1.29, 1.82) is 0 Å². The predicted molar refractivity (Wildman–Crippen MR) is 161 cm³/mol. The Kier molecular flexibility index (Phi) is 16.4. The molecular formula is C33H54N3O2+. The molecule has 0 bridgehead atoms. The molecule has 0 atom stereocenters. The van der Waals surface area contributed by atoms with E-state index >= 15 is 0 Å². The van der Waals surface area contributed by atoms with E-state index in [2.05, 4.69) is 38.3 Å². The molecular weight excluding hydrogens is 470 g/mol. The summed E-state index contributed by atoms with van der Waals surface area (Å²) in [7, 11) is 6.74. The standard InChI is InChI=1S/C33H54N3O2/c1-5-6-7-8-9-10-11-12-14-17-28-37-32-23-19-30(20-24-32)34-35-31-21-25-33(26-22-31)38-29-18-15-13-16-27-36(2,3)4/h19-26H,5-18,27-29H2,1-4H3/q+1. The maximum absolute atomic E-state index is 5.89. The lowest BCUT2D eigenvalue weighted by molar-refractivity contribution is -0.870. The molecule has 38 heavy (non-hydrogen) atoms. The number of hydrogen-bond acceptors (Lipinski definition) is 4. The minimum absolute atomic E-state index is 0.763. The maximum atomic E-state index is 5.89. The Labute approximate surface area is 233 Å². The van der Waals surface area contributed by atoms with E-state index in [0.29, 0.717) is 0 Å². The van der Waals surface area contributed by atoms with Crippen LogP contribution in [0.5, 0.6) is 11.5 Å². The molecule has 5 heteroatoms. The number of benzene rings is 2. The van der Waals surface area contributed by atoms with E-state index in [1.54, 1.807) is 0 Å². The third-order valence-electron chi connectivity index (χ3n) is 6.71. The van der Waals surface area contributed by atoms with E-state index in [-0.39, 0.29) is 0 Å². The predicted octanol–water partition coefficient (Wildman–Crippen LogP) is 10.0. The fourth-order valence-electron chi connectivity index (χ4n) is 4.34. The van der Waals surface area contributed by atoms with Crippen molar-refractivity contribution < 1.29 is 14.0 Å². The van der Waals surface area contributed by atoms with Crippen LogP contribution in [0.1, 0.15) is 96.8 Å². The fraction of sp³-hybridized carbons (Fsp3) is 0.636. The molecule has 5 nitrogen and oxygen atoms in total. The van der Waals surface area contributed by atoms with E-state index in [1.807, 2.05) is 48.5 Å². The van der Waals surface area contributed by atoms with Crippen molar-refractivity contribution in [2.75, 3.05) is 40.9 Å². The van der Waals surface area contributed by atoms with Gasteiger partial charge in [0.15, 0.2) is 0 Å². The van der Waals surface area contributed by atoms with Gasteiger partial charge < -0.3 is 14.0 Å². The zero-order valence-corrected chi connectivity index (χ0v) is 24.8. The minimum Gasteiger partial charge on any atom is -0.494 e. The smallest absolute Gasteiger partial charge is 0.119 e. The van der Waals surface area contributed by atoms with Crippen molar-refractivity contribution in [3.05, 3.63) is 48.5 Å². The molecule has 0 fully saturated rings. The third kappa shape index (κ3) is 16.4. The molecule has 0 heterocycles. The van der Waals surface area contributed by atoms with Crippen molar-refractivity contribution in [1.82, 2.24) is 0 Å². The van der Waals surface area contributed by atoms with Crippen LogP contribution in [0.15, 0.2) is 58.8 Å². The molecule has 0 aliphatic heterocycles. The maximum Gasteiger partial charge on any atom is 0.119 e. The summed E-state index contributed by atoms with van der Waals surface area (Å²) in [6.45, 7) is 5.05. The normalized spacial score (nSPS) is 11.8. The number of hydrogen-bond donors (Lipinski definition) is 0. The molecule has 0 aliphatic rings. The highest BCUT2D eigenvalue weighted by atomic mass is 16.5. The van der Waals surface area contributed by atoms with Crippen molar-refractivity contribution >= 4 is 11.4 Å². The van der Waals surface area contributed by atoms with Crippen LogP contribution in [-0.4, -0.2) is 45.4 Å². The first-order valence-corrected chi connectivity index (χ1v) is 15.1. The number of nitrogens with zero attached hydrogens (tertiary/aromatic N) is 3. The Hall–Kier alpha value is -2.40. The van der Waals surface area contributed by atoms with E-state index in [0.717, 1.165) is 53.4 Å². The lowest BCUT2D eigenvalue weighted by Gasteiger charge is -2.23. The summed E-state index contributed by atoms with van der Waals surface area (Å²) in [5.74, 6) is 1.79. The Bertz CT molecular complexity index is 857. The molecule has 0 saturated heterocycles. The minimum atomic E-state index is 0.763. The van der Waals surface area contributed by atoms with Gasteiger partial charge >= 0.3 is 0 Å². The van der Waals surface area contributed by atoms with E-state index < -0.39 is 0 Å². The molecule has 0 saturated carbocycles. The number of ether oxygens (including phenoxy) is 2. The van der Waals surface area contributed by atoms with Gasteiger partial charge in [-0.2, -0.15) is 10.2 Å². The third-order valence-corrected chi connectivity index (χ3v) is 6.71. The highest BCUT2D eigenvalue weighted by Crippen LogP contribution is 2.23. The van der Waals surface area contributed by atoms with Crippen LogP contribution in [0.25, 0.3) is 0 Å². The van der Waals surface area contributed by atoms with Crippen molar-refractivity contribution in [2.24, 2.45) is 10.2 Å². The molecule has 0 N–H and O–H groups in total. The highest BCUT2D eigenvalue weighted by Gasteiger charge is 2.05. The lowest BCUT2D eigenvalue weighted by atomic mass is 10.1. The molecule has 0 aromatic heterocycles. The van der Waals surface area contributed by atoms with Gasteiger partial charge in [0.1, 0.15) is 11.5 Å². The molecule has 212 valence electrons. The van der Waals surface area contributed by atoms with Crippen molar-refractivity contribution in [3.8, 4) is 11.5 Å². The average molecular weight is 525 g/mol. The zero-order chi connectivity index (χ0) is 27.3. The highest BCUT2D eigenvalue weighted by molar-refractivity contribution is 5.44. The van der Waals surface area contributed by atoms with Gasteiger partial charge in [-0.05, 0) is 80.6 Å². The summed E-state index contributed by atoms with van der Waals surface area (Å²) in [6, 6.07) is 15.7.